The molecule has 6 heteroatoms. The summed E-state index contributed by atoms with van der Waals surface area (Å²) in [6.45, 7) is 2.07. The Morgan fingerprint density at radius 2 is 1.84 bits per heavy atom. The molecule has 2 amide bonds. The number of hydrogen-bond donors (Lipinski definition) is 3. The first-order chi connectivity index (χ1) is 9.12. The summed E-state index contributed by atoms with van der Waals surface area (Å²) in [4.78, 5) is 23.1. The minimum atomic E-state index is -1.06. The van der Waals surface area contributed by atoms with Gasteiger partial charge in [0.2, 0.25) is 0 Å². The molecule has 1 aliphatic heterocycles. The topological polar surface area (TPSA) is 87.7 Å². The van der Waals surface area contributed by atoms with Crippen molar-refractivity contribution in [1.82, 2.24) is 10.6 Å². The number of aliphatic carboxylic acids is 1. The summed E-state index contributed by atoms with van der Waals surface area (Å²) in [5, 5.41) is 14.7. The fourth-order valence-corrected chi connectivity index (χ4v) is 2.82. The van der Waals surface area contributed by atoms with E-state index < -0.39 is 11.5 Å². The van der Waals surface area contributed by atoms with Gasteiger partial charge in [-0.1, -0.05) is 12.8 Å². The lowest BCUT2D eigenvalue weighted by Crippen LogP contribution is -2.56. The van der Waals surface area contributed by atoms with Crippen LogP contribution in [0.5, 0.6) is 0 Å². The third kappa shape index (κ3) is 3.59. The van der Waals surface area contributed by atoms with Crippen LogP contribution in [0.3, 0.4) is 0 Å². The average Bonchev–Trinajstić information content (AvgIpc) is 2.87. The maximum absolute atomic E-state index is 11.8. The van der Waals surface area contributed by atoms with Gasteiger partial charge in [0, 0.05) is 19.8 Å². The van der Waals surface area contributed by atoms with Crippen molar-refractivity contribution in [3.05, 3.63) is 0 Å². The van der Waals surface area contributed by atoms with Crippen molar-refractivity contribution in [2.45, 2.75) is 44.1 Å². The summed E-state index contributed by atoms with van der Waals surface area (Å²) in [6, 6.07) is -0.365. The normalized spacial score (nSPS) is 22.9. The van der Waals surface area contributed by atoms with E-state index in [2.05, 4.69) is 10.6 Å². The number of amides is 2. The average molecular weight is 270 g/mol. The molecule has 2 fully saturated rings. The van der Waals surface area contributed by atoms with Crippen molar-refractivity contribution in [2.75, 3.05) is 19.8 Å². The monoisotopic (exact) mass is 270 g/mol. The number of nitrogens with one attached hydrogen (secondary N) is 2. The van der Waals surface area contributed by atoms with E-state index in [9.17, 15) is 14.7 Å². The van der Waals surface area contributed by atoms with Crippen molar-refractivity contribution < 1.29 is 19.4 Å². The van der Waals surface area contributed by atoms with E-state index in [-0.39, 0.29) is 6.03 Å². The molecule has 0 atom stereocenters. The molecule has 1 heterocycles. The molecule has 1 aliphatic carbocycles. The van der Waals surface area contributed by atoms with Gasteiger partial charge in [0.25, 0.3) is 0 Å². The van der Waals surface area contributed by atoms with E-state index in [1.807, 2.05) is 0 Å². The fraction of sp³-hybridized carbons (Fsp3) is 0.846. The largest absolute Gasteiger partial charge is 0.480 e. The molecule has 2 aliphatic rings. The molecule has 19 heavy (non-hydrogen) atoms. The molecular weight excluding hydrogens is 248 g/mol. The van der Waals surface area contributed by atoms with E-state index in [0.717, 1.165) is 38.9 Å². The summed E-state index contributed by atoms with van der Waals surface area (Å²) in [7, 11) is 0. The Kier molecular flexibility index (Phi) is 4.63. The number of carbonyl (C=O) groups is 2. The zero-order valence-corrected chi connectivity index (χ0v) is 11.1. The van der Waals surface area contributed by atoms with Gasteiger partial charge < -0.3 is 20.5 Å². The predicted molar refractivity (Wildman–Crippen MR) is 68.9 cm³/mol. The summed E-state index contributed by atoms with van der Waals surface area (Å²) in [5.74, 6) is -0.491. The molecule has 0 bridgehead atoms. The van der Waals surface area contributed by atoms with Gasteiger partial charge in [0.15, 0.2) is 0 Å². The third-order valence-corrected chi connectivity index (χ3v) is 4.11. The van der Waals surface area contributed by atoms with Crippen molar-refractivity contribution in [1.29, 1.82) is 0 Å². The Labute approximate surface area is 112 Å². The SMILES string of the molecule is O=C(NCC1CCOCC1)NC1(C(=O)O)CCCC1. The van der Waals surface area contributed by atoms with Crippen LogP contribution >= 0.6 is 0 Å². The number of hydrogen-bond acceptors (Lipinski definition) is 3. The number of carboxylic acid groups (broad SMARTS) is 1. The second-order valence-electron chi connectivity index (χ2n) is 5.49. The lowest BCUT2D eigenvalue weighted by molar-refractivity contribution is -0.144. The van der Waals surface area contributed by atoms with Crippen molar-refractivity contribution in [2.24, 2.45) is 5.92 Å². The molecule has 2 rings (SSSR count). The van der Waals surface area contributed by atoms with E-state index in [0.29, 0.717) is 25.3 Å². The first-order valence-corrected chi connectivity index (χ1v) is 6.99. The highest BCUT2D eigenvalue weighted by Gasteiger charge is 2.42. The molecular formula is C13H22N2O4. The highest BCUT2D eigenvalue weighted by molar-refractivity contribution is 5.86. The van der Waals surface area contributed by atoms with Gasteiger partial charge >= 0.3 is 12.0 Å². The Morgan fingerprint density at radius 3 is 2.42 bits per heavy atom. The van der Waals surface area contributed by atoms with Crippen molar-refractivity contribution in [3.63, 3.8) is 0 Å². The van der Waals surface area contributed by atoms with Crippen LogP contribution in [0.2, 0.25) is 0 Å². The minimum Gasteiger partial charge on any atom is -0.480 e. The predicted octanol–water partition coefficient (Wildman–Crippen LogP) is 1.11. The highest BCUT2D eigenvalue weighted by Crippen LogP contribution is 2.29. The molecule has 0 aromatic heterocycles. The van der Waals surface area contributed by atoms with E-state index in [4.69, 9.17) is 4.74 Å². The van der Waals surface area contributed by atoms with Gasteiger partial charge in [-0.25, -0.2) is 9.59 Å². The molecule has 1 saturated carbocycles. The lowest BCUT2D eigenvalue weighted by atomic mass is 9.98. The molecule has 6 nitrogen and oxygen atoms in total. The van der Waals surface area contributed by atoms with Gasteiger partial charge in [-0.2, -0.15) is 0 Å². The van der Waals surface area contributed by atoms with Crippen LogP contribution in [0.15, 0.2) is 0 Å². The Hall–Kier alpha value is -1.30. The first kappa shape index (κ1) is 14.1. The number of carboxylic acids is 1. The number of rotatable bonds is 4. The molecule has 3 N–H and O–H groups in total. The van der Waals surface area contributed by atoms with E-state index in [1.54, 1.807) is 0 Å². The quantitative estimate of drug-likeness (QED) is 0.714. The van der Waals surface area contributed by atoms with Crippen molar-refractivity contribution in [3.8, 4) is 0 Å². The van der Waals surface area contributed by atoms with Crippen LogP contribution in [0.25, 0.3) is 0 Å². The smallest absolute Gasteiger partial charge is 0.329 e. The van der Waals surface area contributed by atoms with Gasteiger partial charge in [-0.05, 0) is 31.6 Å². The molecule has 0 unspecified atom stereocenters. The Morgan fingerprint density at radius 1 is 1.21 bits per heavy atom. The summed E-state index contributed by atoms with van der Waals surface area (Å²) in [6.07, 6.45) is 4.65. The number of carbonyl (C=O) groups excluding carboxylic acids is 1. The Balaban J connectivity index is 1.78. The minimum absolute atomic E-state index is 0.365. The molecule has 0 radical (unpaired) electrons. The summed E-state index contributed by atoms with van der Waals surface area (Å²) >= 11 is 0. The van der Waals surface area contributed by atoms with E-state index in [1.165, 1.54) is 0 Å². The standard InChI is InChI=1S/C13H22N2O4/c16-11(17)13(5-1-2-6-13)15-12(18)14-9-10-3-7-19-8-4-10/h10H,1-9H2,(H,16,17)(H2,14,15,18). The van der Waals surface area contributed by atoms with Crippen LogP contribution in [0.4, 0.5) is 4.79 Å². The third-order valence-electron chi connectivity index (χ3n) is 4.11. The maximum atomic E-state index is 11.8. The zero-order chi connectivity index (χ0) is 13.7. The van der Waals surface area contributed by atoms with Crippen LogP contribution < -0.4 is 10.6 Å². The molecule has 0 aromatic rings. The molecule has 0 spiro atoms. The van der Waals surface area contributed by atoms with Crippen LogP contribution in [-0.4, -0.2) is 42.4 Å². The zero-order valence-electron chi connectivity index (χ0n) is 11.1. The van der Waals surface area contributed by atoms with Gasteiger partial charge in [0.05, 0.1) is 0 Å². The van der Waals surface area contributed by atoms with Gasteiger partial charge in [0.1, 0.15) is 5.54 Å². The molecule has 0 aromatic carbocycles. The first-order valence-electron chi connectivity index (χ1n) is 6.99. The lowest BCUT2D eigenvalue weighted by Gasteiger charge is -2.27. The van der Waals surface area contributed by atoms with Gasteiger partial charge in [-0.15, -0.1) is 0 Å². The fourth-order valence-electron chi connectivity index (χ4n) is 2.82. The van der Waals surface area contributed by atoms with Crippen LogP contribution in [0, 0.1) is 5.92 Å². The van der Waals surface area contributed by atoms with Gasteiger partial charge in [-0.3, -0.25) is 0 Å². The Bertz CT molecular complexity index is 334. The highest BCUT2D eigenvalue weighted by atomic mass is 16.5. The van der Waals surface area contributed by atoms with Crippen LogP contribution in [0.1, 0.15) is 38.5 Å². The van der Waals surface area contributed by atoms with Crippen LogP contribution in [-0.2, 0) is 9.53 Å². The number of ether oxygens (including phenoxy) is 1. The second-order valence-corrected chi connectivity index (χ2v) is 5.49. The summed E-state index contributed by atoms with van der Waals surface area (Å²) in [5.41, 5.74) is -1.06. The maximum Gasteiger partial charge on any atom is 0.329 e. The molecule has 108 valence electrons. The van der Waals surface area contributed by atoms with E-state index >= 15 is 0 Å². The second kappa shape index (κ2) is 6.23. The van der Waals surface area contributed by atoms with Crippen molar-refractivity contribution >= 4 is 12.0 Å². The molecule has 1 saturated heterocycles. The number of urea groups is 1. The summed E-state index contributed by atoms with van der Waals surface area (Å²) < 4.78 is 5.26.